The Balaban J connectivity index is 2.53. The first-order chi connectivity index (χ1) is 6.27. The Morgan fingerprint density at radius 2 is 2.08 bits per heavy atom. The molecule has 0 amide bonds. The number of phenols is 1. The molecule has 0 fully saturated rings. The first kappa shape index (κ1) is 8.32. The van der Waals surface area contributed by atoms with Crippen molar-refractivity contribution in [3.05, 3.63) is 41.3 Å². The van der Waals surface area contributed by atoms with Crippen LogP contribution < -0.4 is 0 Å². The summed E-state index contributed by atoms with van der Waals surface area (Å²) < 4.78 is 0. The first-order valence-electron chi connectivity index (χ1n) is 4.11. The van der Waals surface area contributed by atoms with Crippen LogP contribution >= 0.6 is 11.3 Å². The van der Waals surface area contributed by atoms with E-state index in [4.69, 9.17) is 0 Å². The normalized spacial score (nSPS) is 10.2. The number of aryl methyl sites for hydroxylation is 1. The van der Waals surface area contributed by atoms with Gasteiger partial charge in [0.05, 0.1) is 0 Å². The van der Waals surface area contributed by atoms with Gasteiger partial charge in [-0.05, 0) is 47.7 Å². The third-order valence-electron chi connectivity index (χ3n) is 2.00. The lowest BCUT2D eigenvalue weighted by Gasteiger charge is -2.02. The Morgan fingerprint density at radius 1 is 1.23 bits per heavy atom. The molecule has 0 saturated heterocycles. The summed E-state index contributed by atoms with van der Waals surface area (Å²) in [6, 6.07) is 9.59. The summed E-state index contributed by atoms with van der Waals surface area (Å²) in [6.45, 7) is 2.01. The van der Waals surface area contributed by atoms with Crippen LogP contribution in [0.5, 0.6) is 5.75 Å². The quantitative estimate of drug-likeness (QED) is 0.730. The van der Waals surface area contributed by atoms with E-state index in [1.54, 1.807) is 23.5 Å². The maximum absolute atomic E-state index is 9.24. The molecule has 1 aromatic heterocycles. The predicted molar refractivity (Wildman–Crippen MR) is 56.2 cm³/mol. The Hall–Kier alpha value is -1.28. The highest BCUT2D eigenvalue weighted by Gasteiger charge is 2.02. The molecule has 0 unspecified atom stereocenters. The summed E-state index contributed by atoms with van der Waals surface area (Å²) in [5.74, 6) is 0.331. The van der Waals surface area contributed by atoms with Gasteiger partial charge in [0.1, 0.15) is 5.75 Å². The fourth-order valence-corrected chi connectivity index (χ4v) is 2.17. The molecule has 0 aliphatic rings. The van der Waals surface area contributed by atoms with E-state index in [1.807, 2.05) is 19.1 Å². The summed E-state index contributed by atoms with van der Waals surface area (Å²) in [5.41, 5.74) is 2.32. The van der Waals surface area contributed by atoms with Crippen molar-refractivity contribution in [2.24, 2.45) is 0 Å². The van der Waals surface area contributed by atoms with E-state index in [0.717, 1.165) is 5.56 Å². The van der Waals surface area contributed by atoms with Crippen molar-refractivity contribution in [2.75, 3.05) is 0 Å². The van der Waals surface area contributed by atoms with Crippen LogP contribution in [0, 0.1) is 6.92 Å². The molecule has 1 N–H and O–H groups in total. The van der Waals surface area contributed by atoms with Gasteiger partial charge in [0, 0.05) is 4.88 Å². The zero-order chi connectivity index (χ0) is 9.26. The lowest BCUT2D eigenvalue weighted by atomic mass is 10.1. The summed E-state index contributed by atoms with van der Waals surface area (Å²) >= 11 is 1.71. The monoisotopic (exact) mass is 190 g/mol. The number of hydrogen-bond donors (Lipinski definition) is 1. The molecule has 2 aromatic rings. The highest BCUT2D eigenvalue weighted by molar-refractivity contribution is 7.13. The Labute approximate surface area is 81.3 Å². The van der Waals surface area contributed by atoms with Gasteiger partial charge in [-0.15, -0.1) is 11.3 Å². The van der Waals surface area contributed by atoms with Crippen molar-refractivity contribution in [2.45, 2.75) is 6.92 Å². The van der Waals surface area contributed by atoms with Gasteiger partial charge in [0.2, 0.25) is 0 Å². The standard InChI is InChI=1S/C11H10OS/c1-8-7-9(12)4-5-10(8)11-3-2-6-13-11/h2-7,12H,1H3. The second kappa shape index (κ2) is 3.23. The number of hydrogen-bond acceptors (Lipinski definition) is 2. The SMILES string of the molecule is Cc1cc(O)ccc1-c1cccs1. The molecule has 0 bridgehead atoms. The summed E-state index contributed by atoms with van der Waals surface area (Å²) in [6.07, 6.45) is 0. The average Bonchev–Trinajstić information content (AvgIpc) is 2.56. The van der Waals surface area contributed by atoms with Crippen molar-refractivity contribution in [3.8, 4) is 16.2 Å². The number of benzene rings is 1. The molecule has 13 heavy (non-hydrogen) atoms. The van der Waals surface area contributed by atoms with E-state index in [0.29, 0.717) is 5.75 Å². The van der Waals surface area contributed by atoms with Crippen molar-refractivity contribution in [1.82, 2.24) is 0 Å². The van der Waals surface area contributed by atoms with E-state index < -0.39 is 0 Å². The highest BCUT2D eigenvalue weighted by atomic mass is 32.1. The van der Waals surface area contributed by atoms with Crippen LogP contribution in [0.15, 0.2) is 35.7 Å². The second-order valence-electron chi connectivity index (χ2n) is 2.98. The highest BCUT2D eigenvalue weighted by Crippen LogP contribution is 2.29. The molecular weight excluding hydrogens is 180 g/mol. The molecule has 0 aliphatic heterocycles. The summed E-state index contributed by atoms with van der Waals surface area (Å²) in [7, 11) is 0. The number of thiophene rings is 1. The molecule has 66 valence electrons. The molecule has 0 aliphatic carbocycles. The average molecular weight is 190 g/mol. The van der Waals surface area contributed by atoms with Gasteiger partial charge in [0.25, 0.3) is 0 Å². The van der Waals surface area contributed by atoms with Crippen molar-refractivity contribution in [3.63, 3.8) is 0 Å². The number of phenolic OH excluding ortho intramolecular Hbond substituents is 1. The third-order valence-corrected chi connectivity index (χ3v) is 2.90. The molecule has 1 aromatic carbocycles. The van der Waals surface area contributed by atoms with Crippen molar-refractivity contribution in [1.29, 1.82) is 0 Å². The zero-order valence-corrected chi connectivity index (χ0v) is 8.14. The van der Waals surface area contributed by atoms with Crippen molar-refractivity contribution >= 4 is 11.3 Å². The van der Waals surface area contributed by atoms with Crippen LogP contribution in [0.4, 0.5) is 0 Å². The van der Waals surface area contributed by atoms with Gasteiger partial charge >= 0.3 is 0 Å². The third kappa shape index (κ3) is 1.58. The fourth-order valence-electron chi connectivity index (χ4n) is 1.36. The molecule has 2 heteroatoms. The minimum atomic E-state index is 0.331. The first-order valence-corrected chi connectivity index (χ1v) is 4.99. The topological polar surface area (TPSA) is 20.2 Å². The lowest BCUT2D eigenvalue weighted by Crippen LogP contribution is -1.78. The van der Waals surface area contributed by atoms with Gasteiger partial charge < -0.3 is 5.11 Å². The molecule has 2 rings (SSSR count). The largest absolute Gasteiger partial charge is 0.508 e. The minimum Gasteiger partial charge on any atom is -0.508 e. The minimum absolute atomic E-state index is 0.331. The Morgan fingerprint density at radius 3 is 2.69 bits per heavy atom. The predicted octanol–water partition coefficient (Wildman–Crippen LogP) is 3.43. The van der Waals surface area contributed by atoms with Crippen LogP contribution in [0.2, 0.25) is 0 Å². The molecule has 1 heterocycles. The van der Waals surface area contributed by atoms with E-state index in [-0.39, 0.29) is 0 Å². The number of aromatic hydroxyl groups is 1. The molecular formula is C11H10OS. The van der Waals surface area contributed by atoms with E-state index in [1.165, 1.54) is 10.4 Å². The van der Waals surface area contributed by atoms with Crippen LogP contribution in [0.25, 0.3) is 10.4 Å². The van der Waals surface area contributed by atoms with Crippen LogP contribution in [0.3, 0.4) is 0 Å². The van der Waals surface area contributed by atoms with Gasteiger partial charge in [0.15, 0.2) is 0 Å². The van der Waals surface area contributed by atoms with E-state index in [9.17, 15) is 5.11 Å². The van der Waals surface area contributed by atoms with Crippen molar-refractivity contribution < 1.29 is 5.11 Å². The smallest absolute Gasteiger partial charge is 0.115 e. The lowest BCUT2D eigenvalue weighted by molar-refractivity contribution is 0.475. The molecule has 0 atom stereocenters. The molecule has 0 spiro atoms. The second-order valence-corrected chi connectivity index (χ2v) is 3.92. The van der Waals surface area contributed by atoms with Crippen LogP contribution in [0.1, 0.15) is 5.56 Å². The van der Waals surface area contributed by atoms with Crippen LogP contribution in [-0.4, -0.2) is 5.11 Å². The molecule has 1 nitrogen and oxygen atoms in total. The number of rotatable bonds is 1. The fraction of sp³-hybridized carbons (Fsp3) is 0.0909. The van der Waals surface area contributed by atoms with Gasteiger partial charge in [-0.25, -0.2) is 0 Å². The van der Waals surface area contributed by atoms with E-state index in [2.05, 4.69) is 11.4 Å². The van der Waals surface area contributed by atoms with Gasteiger partial charge in [-0.2, -0.15) is 0 Å². The summed E-state index contributed by atoms with van der Waals surface area (Å²) in [5, 5.41) is 11.3. The Bertz CT molecular complexity index is 404. The van der Waals surface area contributed by atoms with Gasteiger partial charge in [-0.1, -0.05) is 6.07 Å². The van der Waals surface area contributed by atoms with E-state index >= 15 is 0 Å². The molecule has 0 radical (unpaired) electrons. The Kier molecular flexibility index (Phi) is 2.07. The van der Waals surface area contributed by atoms with Crippen LogP contribution in [-0.2, 0) is 0 Å². The maximum atomic E-state index is 9.24. The van der Waals surface area contributed by atoms with Gasteiger partial charge in [-0.3, -0.25) is 0 Å². The maximum Gasteiger partial charge on any atom is 0.115 e. The summed E-state index contributed by atoms with van der Waals surface area (Å²) in [4.78, 5) is 1.25. The molecule has 0 saturated carbocycles. The zero-order valence-electron chi connectivity index (χ0n) is 7.32.